The predicted octanol–water partition coefficient (Wildman–Crippen LogP) is 4.30. The zero-order chi connectivity index (χ0) is 15.2. The maximum atomic E-state index is 4.21. The van der Waals surface area contributed by atoms with E-state index in [9.17, 15) is 0 Å². The van der Waals surface area contributed by atoms with E-state index >= 15 is 0 Å². The van der Waals surface area contributed by atoms with Gasteiger partial charge in [0.25, 0.3) is 0 Å². The van der Waals surface area contributed by atoms with Crippen LogP contribution in [0, 0.1) is 0 Å². The quantitative estimate of drug-likeness (QED) is 0.732. The zero-order valence-corrected chi connectivity index (χ0v) is 15.5. The molecular formula is C15H20Br2N4. The molecule has 0 fully saturated rings. The van der Waals surface area contributed by atoms with Crippen LogP contribution in [0.1, 0.15) is 44.0 Å². The summed E-state index contributed by atoms with van der Waals surface area (Å²) < 4.78 is 4.13. The number of rotatable bonds is 7. The van der Waals surface area contributed by atoms with E-state index in [1.165, 1.54) is 5.56 Å². The Morgan fingerprint density at radius 3 is 2.71 bits per heavy atom. The summed E-state index contributed by atoms with van der Waals surface area (Å²) in [6, 6.07) is 6.36. The number of benzene rings is 1. The highest BCUT2D eigenvalue weighted by Gasteiger charge is 2.20. The maximum Gasteiger partial charge on any atom is 0.0802 e. The van der Waals surface area contributed by atoms with Gasteiger partial charge in [0.2, 0.25) is 0 Å². The summed E-state index contributed by atoms with van der Waals surface area (Å²) >= 11 is 7.17. The molecule has 0 saturated heterocycles. The van der Waals surface area contributed by atoms with Crippen molar-refractivity contribution in [3.63, 3.8) is 0 Å². The van der Waals surface area contributed by atoms with Gasteiger partial charge >= 0.3 is 0 Å². The third kappa shape index (κ3) is 4.14. The average molecular weight is 416 g/mol. The Morgan fingerprint density at radius 1 is 1.24 bits per heavy atom. The molecule has 0 aliphatic carbocycles. The molecule has 1 aromatic carbocycles. The molecule has 0 spiro atoms. The summed E-state index contributed by atoms with van der Waals surface area (Å²) in [5, 5.41) is 11.9. The van der Waals surface area contributed by atoms with E-state index in [1.54, 1.807) is 0 Å². The molecular weight excluding hydrogens is 396 g/mol. The summed E-state index contributed by atoms with van der Waals surface area (Å²) in [6.45, 7) is 6.15. The minimum absolute atomic E-state index is 0.0916. The van der Waals surface area contributed by atoms with E-state index in [0.29, 0.717) is 0 Å². The summed E-state index contributed by atoms with van der Waals surface area (Å²) in [5.74, 6) is 0. The monoisotopic (exact) mass is 414 g/mol. The van der Waals surface area contributed by atoms with Crippen LogP contribution in [0.15, 0.2) is 33.3 Å². The average Bonchev–Trinajstić information content (AvgIpc) is 2.90. The third-order valence-electron chi connectivity index (χ3n) is 3.25. The Bertz CT molecular complexity index is 583. The molecule has 1 heterocycles. The van der Waals surface area contributed by atoms with E-state index < -0.39 is 0 Å². The van der Waals surface area contributed by atoms with Crippen molar-refractivity contribution < 1.29 is 0 Å². The molecule has 0 saturated carbocycles. The molecule has 1 N–H and O–H groups in total. The number of hydrogen-bond acceptors (Lipinski definition) is 3. The first kappa shape index (κ1) is 16.6. The van der Waals surface area contributed by atoms with Gasteiger partial charge in [0.1, 0.15) is 0 Å². The minimum atomic E-state index is 0.0916. The number of hydrogen-bond donors (Lipinski definition) is 1. The normalized spacial score (nSPS) is 12.6. The lowest BCUT2D eigenvalue weighted by Crippen LogP contribution is -2.26. The number of aryl methyl sites for hydroxylation is 1. The predicted molar refractivity (Wildman–Crippen MR) is 92.3 cm³/mol. The molecule has 1 aromatic heterocycles. The molecule has 6 heteroatoms. The Morgan fingerprint density at radius 2 is 2.05 bits per heavy atom. The first-order valence-corrected chi connectivity index (χ1v) is 8.82. The van der Waals surface area contributed by atoms with Gasteiger partial charge in [0.05, 0.1) is 17.9 Å². The van der Waals surface area contributed by atoms with Gasteiger partial charge in [-0.15, -0.1) is 5.10 Å². The number of halogens is 2. The Kier molecular flexibility index (Phi) is 6.39. The third-order valence-corrected chi connectivity index (χ3v) is 4.43. The molecule has 2 rings (SSSR count). The smallest absolute Gasteiger partial charge is 0.0802 e. The van der Waals surface area contributed by atoms with Crippen LogP contribution in [0.2, 0.25) is 0 Å². The fourth-order valence-corrected chi connectivity index (χ4v) is 3.55. The van der Waals surface area contributed by atoms with Crippen molar-refractivity contribution in [3.05, 3.63) is 44.6 Å². The molecule has 0 bridgehead atoms. The first-order valence-electron chi connectivity index (χ1n) is 7.24. The molecule has 1 atom stereocenters. The van der Waals surface area contributed by atoms with E-state index in [0.717, 1.165) is 40.6 Å². The van der Waals surface area contributed by atoms with Gasteiger partial charge in [0.15, 0.2) is 0 Å². The molecule has 114 valence electrons. The van der Waals surface area contributed by atoms with Crippen LogP contribution in [-0.4, -0.2) is 21.5 Å². The topological polar surface area (TPSA) is 42.7 Å². The van der Waals surface area contributed by atoms with Crippen molar-refractivity contribution in [1.29, 1.82) is 0 Å². The van der Waals surface area contributed by atoms with Crippen LogP contribution >= 0.6 is 31.9 Å². The first-order chi connectivity index (χ1) is 10.2. The SMILES string of the molecule is CCCNC(c1ccc(Br)cc1Br)c1cnnn1CCC. The lowest BCUT2D eigenvalue weighted by atomic mass is 10.0. The number of nitrogens with one attached hydrogen (secondary N) is 1. The van der Waals surface area contributed by atoms with E-state index in [1.807, 2.05) is 10.9 Å². The second-order valence-corrected chi connectivity index (χ2v) is 6.71. The molecule has 4 nitrogen and oxygen atoms in total. The number of nitrogens with zero attached hydrogens (tertiary/aromatic N) is 3. The summed E-state index contributed by atoms with van der Waals surface area (Å²) in [6.07, 6.45) is 3.98. The van der Waals surface area contributed by atoms with Crippen LogP contribution in [0.3, 0.4) is 0 Å². The van der Waals surface area contributed by atoms with Crippen molar-refractivity contribution in [2.75, 3.05) is 6.54 Å². The Labute approximate surface area is 142 Å². The van der Waals surface area contributed by atoms with Gasteiger partial charge in [0, 0.05) is 15.5 Å². The van der Waals surface area contributed by atoms with Gasteiger partial charge < -0.3 is 5.32 Å². The van der Waals surface area contributed by atoms with Crippen molar-refractivity contribution in [3.8, 4) is 0 Å². The van der Waals surface area contributed by atoms with Crippen molar-refractivity contribution in [2.45, 2.75) is 39.3 Å². The summed E-state index contributed by atoms with van der Waals surface area (Å²) in [7, 11) is 0. The fraction of sp³-hybridized carbons (Fsp3) is 0.467. The second-order valence-electron chi connectivity index (χ2n) is 4.93. The molecule has 21 heavy (non-hydrogen) atoms. The zero-order valence-electron chi connectivity index (χ0n) is 12.3. The van der Waals surface area contributed by atoms with Crippen LogP contribution in [0.5, 0.6) is 0 Å². The molecule has 2 aromatic rings. The summed E-state index contributed by atoms with van der Waals surface area (Å²) in [4.78, 5) is 0. The molecule has 1 unspecified atom stereocenters. The van der Waals surface area contributed by atoms with E-state index in [2.05, 4.69) is 79.5 Å². The van der Waals surface area contributed by atoms with Crippen LogP contribution < -0.4 is 5.32 Å². The molecule has 0 amide bonds. The lowest BCUT2D eigenvalue weighted by Gasteiger charge is -2.21. The van der Waals surface area contributed by atoms with Gasteiger partial charge in [-0.2, -0.15) is 0 Å². The van der Waals surface area contributed by atoms with Crippen molar-refractivity contribution in [2.24, 2.45) is 0 Å². The highest BCUT2D eigenvalue weighted by Crippen LogP contribution is 2.30. The van der Waals surface area contributed by atoms with Crippen molar-refractivity contribution in [1.82, 2.24) is 20.3 Å². The highest BCUT2D eigenvalue weighted by molar-refractivity contribution is 9.11. The van der Waals surface area contributed by atoms with Gasteiger partial charge in [-0.1, -0.05) is 57.0 Å². The van der Waals surface area contributed by atoms with Crippen molar-refractivity contribution >= 4 is 31.9 Å². The van der Waals surface area contributed by atoms with Gasteiger partial charge in [-0.05, 0) is 37.1 Å². The molecule has 0 aliphatic rings. The summed E-state index contributed by atoms with van der Waals surface area (Å²) in [5.41, 5.74) is 2.31. The Balaban J connectivity index is 2.39. The molecule has 0 radical (unpaired) electrons. The Hall–Kier alpha value is -0.720. The highest BCUT2D eigenvalue weighted by atomic mass is 79.9. The minimum Gasteiger partial charge on any atom is -0.305 e. The van der Waals surface area contributed by atoms with Gasteiger partial charge in [-0.25, -0.2) is 4.68 Å². The van der Waals surface area contributed by atoms with Crippen LogP contribution in [0.4, 0.5) is 0 Å². The van der Waals surface area contributed by atoms with E-state index in [-0.39, 0.29) is 6.04 Å². The van der Waals surface area contributed by atoms with Crippen LogP contribution in [-0.2, 0) is 6.54 Å². The second kappa shape index (κ2) is 8.06. The molecule has 0 aliphatic heterocycles. The largest absolute Gasteiger partial charge is 0.305 e. The van der Waals surface area contributed by atoms with E-state index in [4.69, 9.17) is 0 Å². The number of aromatic nitrogens is 3. The maximum absolute atomic E-state index is 4.21. The fourth-order valence-electron chi connectivity index (χ4n) is 2.27. The van der Waals surface area contributed by atoms with Gasteiger partial charge in [-0.3, -0.25) is 0 Å². The van der Waals surface area contributed by atoms with Crippen LogP contribution in [0.25, 0.3) is 0 Å². The standard InChI is InChI=1S/C15H20Br2N4/c1-3-7-18-15(12-6-5-11(16)9-13(12)17)14-10-19-20-21(14)8-4-2/h5-6,9-10,15,18H,3-4,7-8H2,1-2H3. The lowest BCUT2D eigenvalue weighted by molar-refractivity contribution is 0.503.